The summed E-state index contributed by atoms with van der Waals surface area (Å²) < 4.78 is 23.2. The number of allylic oxidation sites excluding steroid dienone is 16. The van der Waals surface area contributed by atoms with Crippen LogP contribution in [0, 0.1) is 0 Å². The maximum absolute atomic E-state index is 13.0. The summed E-state index contributed by atoms with van der Waals surface area (Å²) in [5.41, 5.74) is 0. The highest BCUT2D eigenvalue weighted by Gasteiger charge is 2.29. The monoisotopic (exact) mass is 1040 g/mol. The Balaban J connectivity index is 4.10. The van der Waals surface area contributed by atoms with Crippen LogP contribution in [0.25, 0.3) is 0 Å². The van der Waals surface area contributed by atoms with Gasteiger partial charge in [-0.1, -0.05) is 233 Å². The first kappa shape index (κ1) is 70.4. The van der Waals surface area contributed by atoms with E-state index in [1.54, 1.807) is 0 Å². The van der Waals surface area contributed by atoms with Crippen molar-refractivity contribution in [3.8, 4) is 0 Å². The number of nitrogens with zero attached hydrogens (tertiary/aromatic N) is 1. The lowest BCUT2D eigenvalue weighted by molar-refractivity contribution is -0.870. The van der Waals surface area contributed by atoms with Crippen molar-refractivity contribution in [2.75, 3.05) is 40.9 Å². The molecule has 73 heavy (non-hydrogen) atoms. The maximum atomic E-state index is 13.0. The number of aliphatic hydroxyl groups is 2. The zero-order valence-corrected chi connectivity index (χ0v) is 48.6. The average Bonchev–Trinajstić information content (AvgIpc) is 3.35. The zero-order valence-electron chi connectivity index (χ0n) is 47.7. The summed E-state index contributed by atoms with van der Waals surface area (Å²) in [6.07, 6.45) is 72.0. The van der Waals surface area contributed by atoms with E-state index < -0.39 is 32.7 Å². The molecule has 0 aromatic heterocycles. The first-order valence-electron chi connectivity index (χ1n) is 29.7. The highest BCUT2D eigenvalue weighted by atomic mass is 31.2. The molecule has 9 nitrogen and oxygen atoms in total. The van der Waals surface area contributed by atoms with Gasteiger partial charge < -0.3 is 34.0 Å². The van der Waals surface area contributed by atoms with Crippen molar-refractivity contribution in [1.29, 1.82) is 0 Å². The van der Waals surface area contributed by atoms with Gasteiger partial charge in [0.05, 0.1) is 39.9 Å². The van der Waals surface area contributed by atoms with Gasteiger partial charge in [-0.3, -0.25) is 9.36 Å². The number of carbonyl (C=O) groups is 1. The van der Waals surface area contributed by atoms with Crippen LogP contribution in [0.4, 0.5) is 0 Å². The number of phosphoric ester groups is 1. The molecule has 0 rings (SSSR count). The topological polar surface area (TPSA) is 128 Å². The second-order valence-corrected chi connectivity index (χ2v) is 22.5. The van der Waals surface area contributed by atoms with Crippen LogP contribution in [-0.4, -0.2) is 79.8 Å². The molecule has 0 fully saturated rings. The van der Waals surface area contributed by atoms with E-state index in [9.17, 15) is 24.5 Å². The summed E-state index contributed by atoms with van der Waals surface area (Å²) in [5, 5.41) is 24.7. The molecule has 4 unspecified atom stereocenters. The van der Waals surface area contributed by atoms with E-state index in [0.717, 1.165) is 77.0 Å². The lowest BCUT2D eigenvalue weighted by atomic mass is 10.0. The van der Waals surface area contributed by atoms with Crippen LogP contribution in [0.1, 0.15) is 239 Å². The van der Waals surface area contributed by atoms with Crippen molar-refractivity contribution in [2.24, 2.45) is 0 Å². The Kier molecular flexibility index (Phi) is 50.9. The van der Waals surface area contributed by atoms with Gasteiger partial charge in [0.1, 0.15) is 19.3 Å². The number of amides is 1. The molecule has 0 saturated heterocycles. The lowest BCUT2D eigenvalue weighted by Crippen LogP contribution is -2.51. The Morgan fingerprint density at radius 1 is 0.507 bits per heavy atom. The summed E-state index contributed by atoms with van der Waals surface area (Å²) in [6, 6.07) is -1.09. The SMILES string of the molecule is CC/C=C\C/C=C\C/C=C\C/C=C\C/C=C\C/C=C\C/C=C\CCCCCCCCCCCCCCCCCC(=O)NC(COP(=O)([O-])OCC[N+](C)(C)C)C(O)C(O)CCC/C=C/CCCCCCCCC. The fourth-order valence-corrected chi connectivity index (χ4v) is 8.96. The van der Waals surface area contributed by atoms with Crippen LogP contribution in [0.15, 0.2) is 97.2 Å². The number of likely N-dealkylation sites (N-methyl/N-ethyl adjacent to an activating group) is 1. The Morgan fingerprint density at radius 3 is 1.27 bits per heavy atom. The summed E-state index contributed by atoms with van der Waals surface area (Å²) >= 11 is 0. The molecule has 4 atom stereocenters. The lowest BCUT2D eigenvalue weighted by Gasteiger charge is -2.31. The molecule has 1 amide bonds. The van der Waals surface area contributed by atoms with E-state index in [0.29, 0.717) is 30.3 Å². The van der Waals surface area contributed by atoms with E-state index in [1.807, 2.05) is 21.1 Å². The van der Waals surface area contributed by atoms with Crippen LogP contribution in [-0.2, 0) is 18.4 Å². The Bertz CT molecular complexity index is 1530. The van der Waals surface area contributed by atoms with Gasteiger partial charge in [-0.05, 0) is 96.3 Å². The first-order valence-corrected chi connectivity index (χ1v) is 31.1. The number of carbonyl (C=O) groups excluding carboxylic acids is 1. The summed E-state index contributed by atoms with van der Waals surface area (Å²) in [5.74, 6) is -0.291. The zero-order chi connectivity index (χ0) is 53.6. The van der Waals surface area contributed by atoms with Gasteiger partial charge in [0.25, 0.3) is 7.82 Å². The minimum absolute atomic E-state index is 0.0490. The number of unbranched alkanes of at least 4 members (excludes halogenated alkanes) is 23. The molecule has 0 spiro atoms. The van der Waals surface area contributed by atoms with Crippen LogP contribution in [0.5, 0.6) is 0 Å². The van der Waals surface area contributed by atoms with Crippen molar-refractivity contribution >= 4 is 13.7 Å². The maximum Gasteiger partial charge on any atom is 0.268 e. The number of nitrogens with one attached hydrogen (secondary N) is 1. The molecule has 0 aromatic rings. The molecule has 0 aliphatic carbocycles. The highest BCUT2D eigenvalue weighted by Crippen LogP contribution is 2.38. The fourth-order valence-electron chi connectivity index (χ4n) is 8.24. The van der Waals surface area contributed by atoms with Crippen LogP contribution < -0.4 is 10.2 Å². The van der Waals surface area contributed by atoms with Crippen molar-refractivity contribution in [2.45, 2.75) is 257 Å². The van der Waals surface area contributed by atoms with Crippen LogP contribution in [0.2, 0.25) is 0 Å². The molecule has 0 heterocycles. The predicted molar refractivity (Wildman–Crippen MR) is 312 cm³/mol. The van der Waals surface area contributed by atoms with Gasteiger partial charge in [-0.25, -0.2) is 0 Å². The van der Waals surface area contributed by atoms with Crippen molar-refractivity contribution in [3.63, 3.8) is 0 Å². The van der Waals surface area contributed by atoms with Crippen LogP contribution >= 0.6 is 7.82 Å². The minimum Gasteiger partial charge on any atom is -0.756 e. The third-order valence-electron chi connectivity index (χ3n) is 12.9. The molecular weight excluding hydrogens is 928 g/mol. The molecule has 0 bridgehead atoms. The van der Waals surface area contributed by atoms with E-state index >= 15 is 0 Å². The Morgan fingerprint density at radius 2 is 0.863 bits per heavy atom. The number of phosphoric acid groups is 1. The third-order valence-corrected chi connectivity index (χ3v) is 13.9. The molecule has 3 N–H and O–H groups in total. The van der Waals surface area contributed by atoms with Crippen molar-refractivity contribution in [1.82, 2.24) is 5.32 Å². The molecule has 0 saturated carbocycles. The van der Waals surface area contributed by atoms with Gasteiger partial charge in [0.2, 0.25) is 5.91 Å². The van der Waals surface area contributed by atoms with Gasteiger partial charge in [0, 0.05) is 6.42 Å². The minimum atomic E-state index is -4.68. The highest BCUT2D eigenvalue weighted by molar-refractivity contribution is 7.45. The number of quaternary nitrogens is 1. The van der Waals surface area contributed by atoms with Gasteiger partial charge in [-0.2, -0.15) is 0 Å². The predicted octanol–water partition coefficient (Wildman–Crippen LogP) is 16.5. The van der Waals surface area contributed by atoms with Crippen molar-refractivity contribution < 1.29 is 38.0 Å². The standard InChI is InChI=1S/C63H113N2O7P/c1-6-8-10-12-14-16-18-20-21-22-23-24-25-26-27-28-29-30-31-32-33-34-35-36-37-38-39-40-41-42-43-44-46-48-50-52-54-56-62(67)64-60(59-72-73(69,70)71-58-57-65(3,4)5)63(68)61(66)55-53-51-49-47-45-19-17-15-13-11-9-7-2/h8,10,14,16,20-21,23-24,26-27,29-30,32-33,47,49,60-61,63,66,68H,6-7,9,11-13,15,17-19,22,25,28,31,34-46,48,50-59H2,1-5H3,(H-,64,67,69,70)/b10-8-,16-14-,21-20-,24-23-,27-26-,30-29-,33-32-,49-47+. The molecule has 0 radical (unpaired) electrons. The quantitative estimate of drug-likeness (QED) is 0.0240. The van der Waals surface area contributed by atoms with E-state index in [-0.39, 0.29) is 18.9 Å². The van der Waals surface area contributed by atoms with Crippen molar-refractivity contribution in [3.05, 3.63) is 97.2 Å². The molecule has 10 heteroatoms. The molecule has 0 aliphatic heterocycles. The van der Waals surface area contributed by atoms with Gasteiger partial charge in [-0.15, -0.1) is 0 Å². The molecule has 422 valence electrons. The van der Waals surface area contributed by atoms with Crippen LogP contribution in [0.3, 0.4) is 0 Å². The molecular formula is C63H113N2O7P. The largest absolute Gasteiger partial charge is 0.756 e. The number of hydrogen-bond donors (Lipinski definition) is 3. The fraction of sp³-hybridized carbons (Fsp3) is 0.730. The van der Waals surface area contributed by atoms with E-state index in [4.69, 9.17) is 9.05 Å². The summed E-state index contributed by atoms with van der Waals surface area (Å²) in [6.45, 7) is 4.29. The second-order valence-electron chi connectivity index (χ2n) is 21.1. The summed E-state index contributed by atoms with van der Waals surface area (Å²) in [7, 11) is 1.10. The van der Waals surface area contributed by atoms with Gasteiger partial charge >= 0.3 is 0 Å². The number of hydrogen-bond acceptors (Lipinski definition) is 7. The second kappa shape index (κ2) is 52.8. The Labute approximate surface area is 450 Å². The number of aliphatic hydroxyl groups excluding tert-OH is 2. The smallest absolute Gasteiger partial charge is 0.268 e. The van der Waals surface area contributed by atoms with E-state index in [1.165, 1.54) is 122 Å². The van der Waals surface area contributed by atoms with Gasteiger partial charge in [0.15, 0.2) is 0 Å². The average molecular weight is 1040 g/mol. The Hall–Kier alpha value is -2.62. The third kappa shape index (κ3) is 54.0. The molecule has 0 aromatic carbocycles. The summed E-state index contributed by atoms with van der Waals surface area (Å²) in [4.78, 5) is 25.5. The first-order chi connectivity index (χ1) is 35.4. The number of rotatable bonds is 53. The normalized spacial score (nSPS) is 15.0. The molecule has 0 aliphatic rings. The van der Waals surface area contributed by atoms with E-state index in [2.05, 4.69) is 116 Å².